The van der Waals surface area contributed by atoms with Gasteiger partial charge >= 0.3 is 5.97 Å². The molecule has 0 saturated heterocycles. The van der Waals surface area contributed by atoms with Crippen LogP contribution in [0, 0.1) is 0 Å². The first-order valence-corrected chi connectivity index (χ1v) is 8.52. The molecule has 1 aliphatic heterocycles. The highest BCUT2D eigenvalue weighted by atomic mass is 16.4. The second-order valence-corrected chi connectivity index (χ2v) is 6.93. The molecule has 2 heterocycles. The third kappa shape index (κ3) is 3.22. The van der Waals surface area contributed by atoms with Gasteiger partial charge < -0.3 is 10.4 Å². The number of amides is 1. The standard InChI is InChI=1S/C19H23N3O3/c1-4-22-10-9-15-13(11-22)16(12-7-5-6-8-14(12)20-15)17(23)21-19(2,3)18(24)25/h5-8H,4,9-11H2,1-3H3,(H,21,23)(H,24,25). The Bertz CT molecular complexity index is 845. The number of carbonyl (C=O) groups excluding carboxylic acids is 1. The summed E-state index contributed by atoms with van der Waals surface area (Å²) in [7, 11) is 0. The van der Waals surface area contributed by atoms with Gasteiger partial charge in [0, 0.05) is 36.2 Å². The third-order valence-corrected chi connectivity index (χ3v) is 4.76. The van der Waals surface area contributed by atoms with E-state index >= 15 is 0 Å². The van der Waals surface area contributed by atoms with Gasteiger partial charge in [0.15, 0.2) is 0 Å². The van der Waals surface area contributed by atoms with Crippen LogP contribution < -0.4 is 5.32 Å². The number of nitrogens with zero attached hydrogens (tertiary/aromatic N) is 2. The number of fused-ring (bicyclic) bond motifs is 2. The van der Waals surface area contributed by atoms with Crippen molar-refractivity contribution >= 4 is 22.8 Å². The van der Waals surface area contributed by atoms with Crippen LogP contribution in [0.15, 0.2) is 24.3 Å². The second kappa shape index (κ2) is 6.44. The van der Waals surface area contributed by atoms with Crippen molar-refractivity contribution < 1.29 is 14.7 Å². The number of likely N-dealkylation sites (N-methyl/N-ethyl adjacent to an activating group) is 1. The third-order valence-electron chi connectivity index (χ3n) is 4.76. The van der Waals surface area contributed by atoms with Crippen LogP contribution in [0.5, 0.6) is 0 Å². The lowest BCUT2D eigenvalue weighted by Crippen LogP contribution is -2.50. The van der Waals surface area contributed by atoms with Gasteiger partial charge in [0.1, 0.15) is 5.54 Å². The lowest BCUT2D eigenvalue weighted by molar-refractivity contribution is -0.143. The Morgan fingerprint density at radius 2 is 2.04 bits per heavy atom. The maximum absolute atomic E-state index is 13.0. The molecular weight excluding hydrogens is 318 g/mol. The average molecular weight is 341 g/mol. The van der Waals surface area contributed by atoms with E-state index in [4.69, 9.17) is 4.98 Å². The molecule has 0 bridgehead atoms. The molecule has 0 saturated carbocycles. The number of aliphatic carboxylic acids is 1. The molecule has 132 valence electrons. The van der Waals surface area contributed by atoms with E-state index in [9.17, 15) is 14.7 Å². The molecule has 0 unspecified atom stereocenters. The van der Waals surface area contributed by atoms with Crippen molar-refractivity contribution in [1.29, 1.82) is 0 Å². The number of hydrogen-bond donors (Lipinski definition) is 2. The minimum absolute atomic E-state index is 0.361. The fraction of sp³-hybridized carbons (Fsp3) is 0.421. The summed E-state index contributed by atoms with van der Waals surface area (Å²) in [6.07, 6.45) is 0.788. The van der Waals surface area contributed by atoms with Crippen LogP contribution in [0.25, 0.3) is 10.9 Å². The van der Waals surface area contributed by atoms with E-state index in [0.717, 1.165) is 41.7 Å². The number of hydrogen-bond acceptors (Lipinski definition) is 4. The number of aromatic nitrogens is 1. The predicted octanol–water partition coefficient (Wildman–Crippen LogP) is 2.21. The summed E-state index contributed by atoms with van der Waals surface area (Å²) in [6, 6.07) is 7.53. The van der Waals surface area contributed by atoms with Crippen molar-refractivity contribution in [3.63, 3.8) is 0 Å². The van der Waals surface area contributed by atoms with Crippen LogP contribution in [0.1, 0.15) is 42.4 Å². The molecule has 25 heavy (non-hydrogen) atoms. The Balaban J connectivity index is 2.15. The summed E-state index contributed by atoms with van der Waals surface area (Å²) in [5, 5.41) is 12.8. The first kappa shape index (κ1) is 17.4. The van der Waals surface area contributed by atoms with E-state index in [0.29, 0.717) is 12.1 Å². The monoisotopic (exact) mass is 341 g/mol. The molecule has 6 nitrogen and oxygen atoms in total. The van der Waals surface area contributed by atoms with Crippen molar-refractivity contribution in [3.05, 3.63) is 41.1 Å². The number of para-hydroxylation sites is 1. The molecule has 0 radical (unpaired) electrons. The lowest BCUT2D eigenvalue weighted by Gasteiger charge is -2.30. The van der Waals surface area contributed by atoms with Gasteiger partial charge in [-0.1, -0.05) is 25.1 Å². The minimum Gasteiger partial charge on any atom is -0.480 e. The number of carbonyl (C=O) groups is 2. The average Bonchev–Trinajstić information content (AvgIpc) is 2.58. The molecule has 1 aliphatic rings. The van der Waals surface area contributed by atoms with Crippen LogP contribution in [-0.2, 0) is 17.8 Å². The van der Waals surface area contributed by atoms with Gasteiger partial charge in [-0.15, -0.1) is 0 Å². The van der Waals surface area contributed by atoms with E-state index in [1.807, 2.05) is 24.3 Å². The highest BCUT2D eigenvalue weighted by molar-refractivity contribution is 6.09. The van der Waals surface area contributed by atoms with Crippen LogP contribution in [0.4, 0.5) is 0 Å². The first-order valence-electron chi connectivity index (χ1n) is 8.52. The van der Waals surface area contributed by atoms with Crippen molar-refractivity contribution in [2.75, 3.05) is 13.1 Å². The molecule has 6 heteroatoms. The molecule has 0 aliphatic carbocycles. The van der Waals surface area contributed by atoms with Gasteiger partial charge in [-0.25, -0.2) is 4.79 Å². The number of carboxylic acids is 1. The van der Waals surface area contributed by atoms with Crippen molar-refractivity contribution in [3.8, 4) is 0 Å². The number of pyridine rings is 1. The lowest BCUT2D eigenvalue weighted by atomic mass is 9.94. The second-order valence-electron chi connectivity index (χ2n) is 6.93. The Labute approximate surface area is 146 Å². The van der Waals surface area contributed by atoms with E-state index in [1.54, 1.807) is 0 Å². The molecular formula is C19H23N3O3. The zero-order valence-electron chi connectivity index (χ0n) is 14.8. The molecule has 0 atom stereocenters. The topological polar surface area (TPSA) is 82.5 Å². The summed E-state index contributed by atoms with van der Waals surface area (Å²) in [5.41, 5.74) is 1.82. The van der Waals surface area contributed by atoms with Gasteiger partial charge in [0.25, 0.3) is 5.91 Å². The Kier molecular flexibility index (Phi) is 4.47. The van der Waals surface area contributed by atoms with Crippen molar-refractivity contribution in [2.45, 2.75) is 39.3 Å². The van der Waals surface area contributed by atoms with E-state index in [-0.39, 0.29) is 5.91 Å². The fourth-order valence-electron chi connectivity index (χ4n) is 3.18. The molecule has 2 aromatic rings. The van der Waals surface area contributed by atoms with Crippen LogP contribution in [-0.4, -0.2) is 45.5 Å². The summed E-state index contributed by atoms with van der Waals surface area (Å²) < 4.78 is 0. The smallest absolute Gasteiger partial charge is 0.328 e. The Morgan fingerprint density at radius 3 is 2.72 bits per heavy atom. The van der Waals surface area contributed by atoms with Crippen LogP contribution in [0.3, 0.4) is 0 Å². The van der Waals surface area contributed by atoms with E-state index < -0.39 is 11.5 Å². The maximum atomic E-state index is 13.0. The molecule has 1 amide bonds. The Hall–Kier alpha value is -2.47. The van der Waals surface area contributed by atoms with Crippen molar-refractivity contribution in [1.82, 2.24) is 15.2 Å². The number of carboxylic acid groups (broad SMARTS) is 1. The van der Waals surface area contributed by atoms with Gasteiger partial charge in [-0.3, -0.25) is 14.7 Å². The predicted molar refractivity (Wildman–Crippen MR) is 95.6 cm³/mol. The molecule has 1 aromatic carbocycles. The number of rotatable bonds is 4. The van der Waals surface area contributed by atoms with Gasteiger partial charge in [-0.05, 0) is 26.5 Å². The zero-order valence-corrected chi connectivity index (χ0v) is 14.8. The van der Waals surface area contributed by atoms with Crippen LogP contribution >= 0.6 is 0 Å². The molecule has 0 fully saturated rings. The fourth-order valence-corrected chi connectivity index (χ4v) is 3.18. The highest BCUT2D eigenvalue weighted by Gasteiger charge is 2.32. The summed E-state index contributed by atoms with van der Waals surface area (Å²) in [6.45, 7) is 7.53. The van der Waals surface area contributed by atoms with E-state index in [1.165, 1.54) is 13.8 Å². The molecule has 2 N–H and O–H groups in total. The largest absolute Gasteiger partial charge is 0.480 e. The summed E-state index contributed by atoms with van der Waals surface area (Å²) in [5.74, 6) is -1.43. The summed E-state index contributed by atoms with van der Waals surface area (Å²) in [4.78, 5) is 31.4. The normalized spacial score (nSPS) is 15.0. The van der Waals surface area contributed by atoms with Crippen LogP contribution in [0.2, 0.25) is 0 Å². The number of benzene rings is 1. The molecule has 1 aromatic heterocycles. The zero-order chi connectivity index (χ0) is 18.2. The first-order chi connectivity index (χ1) is 11.8. The van der Waals surface area contributed by atoms with Crippen molar-refractivity contribution in [2.24, 2.45) is 0 Å². The quantitative estimate of drug-likeness (QED) is 0.891. The summed E-state index contributed by atoms with van der Waals surface area (Å²) >= 11 is 0. The highest BCUT2D eigenvalue weighted by Crippen LogP contribution is 2.28. The molecule has 3 rings (SSSR count). The SMILES string of the molecule is CCN1CCc2nc3ccccc3c(C(=O)NC(C)(C)C(=O)O)c2C1. The van der Waals surface area contributed by atoms with Gasteiger partial charge in [0.05, 0.1) is 11.1 Å². The molecule has 0 spiro atoms. The maximum Gasteiger partial charge on any atom is 0.328 e. The minimum atomic E-state index is -1.34. The van der Waals surface area contributed by atoms with E-state index in [2.05, 4.69) is 17.1 Å². The van der Waals surface area contributed by atoms with Gasteiger partial charge in [0.2, 0.25) is 0 Å². The van der Waals surface area contributed by atoms with Gasteiger partial charge in [-0.2, -0.15) is 0 Å². The Morgan fingerprint density at radius 1 is 1.32 bits per heavy atom. The number of nitrogens with one attached hydrogen (secondary N) is 1.